The third-order valence-corrected chi connectivity index (χ3v) is 12.9. The van der Waals surface area contributed by atoms with E-state index in [1.807, 2.05) is 30.4 Å². The first kappa shape index (κ1) is 43.6. The maximum atomic E-state index is 13.8. The normalized spacial score (nSPS) is 14.5. The van der Waals surface area contributed by atoms with Gasteiger partial charge in [-0.1, -0.05) is 172 Å². The third kappa shape index (κ3) is 7.36. The maximum Gasteiger partial charge on any atom is 2.00 e. The second kappa shape index (κ2) is 15.8. The van der Waals surface area contributed by atoms with Crippen molar-refractivity contribution in [3.8, 4) is 11.1 Å². The molecule has 0 aliphatic carbocycles. The number of benzene rings is 5. The quantitative estimate of drug-likeness (QED) is 0.127. The van der Waals surface area contributed by atoms with Crippen molar-refractivity contribution in [3.05, 3.63) is 205 Å². The van der Waals surface area contributed by atoms with Crippen LogP contribution in [0.2, 0.25) is 0 Å². The summed E-state index contributed by atoms with van der Waals surface area (Å²) in [6.07, 6.45) is 5.80. The summed E-state index contributed by atoms with van der Waals surface area (Å²) in [6, 6.07) is 39.9. The summed E-state index contributed by atoms with van der Waals surface area (Å²) in [5, 5.41) is 4.94. The van der Waals surface area contributed by atoms with Gasteiger partial charge in [0, 0.05) is 11.1 Å². The van der Waals surface area contributed by atoms with Crippen LogP contribution in [0.15, 0.2) is 143 Å². The van der Waals surface area contributed by atoms with E-state index < -0.39 is 0 Å². The minimum Gasteiger partial charge on any atom is -0.657 e. The minimum atomic E-state index is -0.153. The zero-order valence-corrected chi connectivity index (χ0v) is 39.2. The fraction of sp³-hybridized carbons (Fsp3) is 0.207. The molecule has 7 aromatic rings. The summed E-state index contributed by atoms with van der Waals surface area (Å²) in [7, 11) is 0. The number of aliphatic imine (C=N–C) groups is 1. The molecule has 0 atom stereocenters. The molecule has 0 saturated heterocycles. The first-order valence-corrected chi connectivity index (χ1v) is 22.0. The minimum absolute atomic E-state index is 0. The monoisotopic (exact) mass is 892 g/mol. The van der Waals surface area contributed by atoms with Crippen molar-refractivity contribution >= 4 is 51.5 Å². The molecule has 3 aliphatic rings. The van der Waals surface area contributed by atoms with Gasteiger partial charge >= 0.3 is 16.5 Å². The van der Waals surface area contributed by atoms with Crippen LogP contribution in [0, 0.1) is 10.6 Å². The summed E-state index contributed by atoms with van der Waals surface area (Å²) < 4.78 is 0. The average Bonchev–Trinajstić information content (AvgIpc) is 4.09. The van der Waals surface area contributed by atoms with Crippen LogP contribution in [-0.4, -0.2) is 18.3 Å². The number of rotatable bonds is 5. The second-order valence-corrected chi connectivity index (χ2v) is 20.2. The number of hydrogen-bond acceptors (Lipinski definition) is 4. The van der Waals surface area contributed by atoms with E-state index in [9.17, 15) is 9.59 Å². The van der Waals surface area contributed by atoms with E-state index in [1.165, 1.54) is 11.1 Å². The van der Waals surface area contributed by atoms with E-state index in [-0.39, 0.29) is 32.7 Å². The summed E-state index contributed by atoms with van der Waals surface area (Å²) in [6.45, 7) is 19.9. The molecule has 10 rings (SSSR count). The van der Waals surface area contributed by atoms with Gasteiger partial charge in [0.15, 0.2) is 6.29 Å². The largest absolute Gasteiger partial charge is 2.00 e. The molecule has 0 N–H and O–H groups in total. The number of aldehydes is 2. The summed E-state index contributed by atoms with van der Waals surface area (Å²) in [5.74, 6) is 0. The molecule has 2 aromatic heterocycles. The van der Waals surface area contributed by atoms with E-state index in [4.69, 9.17) is 20.0 Å². The predicted octanol–water partition coefficient (Wildman–Crippen LogP) is 11.1. The molecular formula is C58H50N4NiO2. The Morgan fingerprint density at radius 1 is 0.523 bits per heavy atom. The molecule has 3 aliphatic heterocycles. The van der Waals surface area contributed by atoms with E-state index in [0.29, 0.717) is 44.8 Å². The van der Waals surface area contributed by atoms with Crippen molar-refractivity contribution in [2.45, 2.75) is 78.6 Å². The number of hydrogen-bond donors (Lipinski definition) is 0. The predicted molar refractivity (Wildman–Crippen MR) is 260 cm³/mol. The zero-order valence-electron chi connectivity index (χ0n) is 38.2. The zero-order chi connectivity index (χ0) is 44.9. The molecule has 65 heavy (non-hydrogen) atoms. The summed E-state index contributed by atoms with van der Waals surface area (Å²) >= 11 is 0. The van der Waals surface area contributed by atoms with Crippen LogP contribution < -0.4 is 20.7 Å². The number of aromatic nitrogens is 2. The van der Waals surface area contributed by atoms with Crippen LogP contribution in [0.4, 0.5) is 0 Å². The molecule has 7 heteroatoms. The Kier molecular flexibility index (Phi) is 10.6. The Morgan fingerprint density at radius 2 is 1.12 bits per heavy atom. The molecule has 5 aromatic carbocycles. The molecular weight excluding hydrogens is 843 g/mol. The van der Waals surface area contributed by atoms with Gasteiger partial charge in [-0.2, -0.15) is 0 Å². The number of nitrogens with zero attached hydrogens (tertiary/aromatic N) is 4. The van der Waals surface area contributed by atoms with Crippen LogP contribution in [0.5, 0.6) is 0 Å². The van der Waals surface area contributed by atoms with Crippen molar-refractivity contribution in [1.82, 2.24) is 9.97 Å². The van der Waals surface area contributed by atoms with Gasteiger partial charge in [-0.25, -0.2) is 9.98 Å². The Hall–Kier alpha value is -6.69. The van der Waals surface area contributed by atoms with Crippen molar-refractivity contribution in [2.75, 3.05) is 0 Å². The number of carbonyl (C=O) groups is 2. The van der Waals surface area contributed by atoms with Crippen molar-refractivity contribution in [3.63, 3.8) is 0 Å². The second-order valence-electron chi connectivity index (χ2n) is 20.2. The number of fused-ring (bicyclic) bond motifs is 9. The number of allylic oxidation sites excluding steroid dienone is 3. The van der Waals surface area contributed by atoms with E-state index in [0.717, 1.165) is 83.9 Å². The van der Waals surface area contributed by atoms with Crippen LogP contribution in [0.25, 0.3) is 44.3 Å². The first-order valence-electron chi connectivity index (χ1n) is 22.0. The van der Waals surface area contributed by atoms with Crippen LogP contribution in [0.3, 0.4) is 0 Å². The van der Waals surface area contributed by atoms with Crippen LogP contribution in [0.1, 0.15) is 117 Å². The van der Waals surface area contributed by atoms with Crippen molar-refractivity contribution in [2.24, 2.45) is 9.98 Å². The van der Waals surface area contributed by atoms with Gasteiger partial charge < -0.3 is 9.97 Å². The Labute approximate surface area is 390 Å². The SMILES string of the molecule is CC(C)(C)c1ccc(C2=C3C=CC(=N3)C(c3ccc(C(C)(C)C)cc3)=c3ccc([n-]3)=c3c4c(c(-c5ccccc5)c5cc(C(C)(C)C)ccc35)C(C=O)=C(N=4)c3cc(C=O)c2[n-]3)cc1.[Ni+2]. The molecule has 0 unspecified atom stereocenters. The van der Waals surface area contributed by atoms with Gasteiger partial charge in [-0.15, -0.1) is 22.1 Å². The van der Waals surface area contributed by atoms with Gasteiger partial charge in [-0.05, 0) is 106 Å². The fourth-order valence-corrected chi connectivity index (χ4v) is 9.31. The van der Waals surface area contributed by atoms with E-state index in [1.54, 1.807) is 6.07 Å². The molecule has 5 heterocycles. The van der Waals surface area contributed by atoms with Crippen LogP contribution >= 0.6 is 0 Å². The smallest absolute Gasteiger partial charge is 0.657 e. The molecule has 8 bridgehead atoms. The van der Waals surface area contributed by atoms with Crippen LogP contribution in [-0.2, 0) is 37.5 Å². The average molecular weight is 894 g/mol. The van der Waals surface area contributed by atoms with Crippen molar-refractivity contribution in [1.29, 1.82) is 0 Å². The fourth-order valence-electron chi connectivity index (χ4n) is 9.31. The maximum absolute atomic E-state index is 13.8. The molecule has 0 amide bonds. The standard InChI is InChI=1S/C58H52N4O2.Ni/c1-56(2,3)37-19-15-34(16-20-37)49-43-25-27-45(59-43)50(35-17-21-38(22-18-35)57(4,5)6)53-36(31-63)29-47(61-53)54-42(32-64)52-48(33-13-11-10-12-14-33)41-30-39(58(7,8)9)23-24-40(41)51(55(52)62-54)46-28-26-44(49)60-46;/h10-32H,1-9H3,(H2,59,60,61,62,63,64);/q;+2/p-2. The first-order chi connectivity index (χ1) is 30.5. The third-order valence-electron chi connectivity index (χ3n) is 12.9. The Morgan fingerprint density at radius 3 is 1.72 bits per heavy atom. The number of carbonyl (C=O) groups excluding carboxylic acids is 2. The van der Waals surface area contributed by atoms with Gasteiger partial charge in [0.25, 0.3) is 0 Å². The Bertz CT molecular complexity index is 3490. The van der Waals surface area contributed by atoms with Gasteiger partial charge in [0.05, 0.1) is 22.5 Å². The molecule has 0 saturated carbocycles. The summed E-state index contributed by atoms with van der Waals surface area (Å²) in [5.41, 5.74) is 12.9. The Balaban J connectivity index is 0.00000533. The molecule has 0 fully saturated rings. The van der Waals surface area contributed by atoms with Gasteiger partial charge in [0.2, 0.25) is 0 Å². The molecule has 6 nitrogen and oxygen atoms in total. The van der Waals surface area contributed by atoms with E-state index in [2.05, 4.69) is 153 Å². The topological polar surface area (TPSA) is 87.1 Å². The molecule has 0 radical (unpaired) electrons. The molecule has 0 spiro atoms. The van der Waals surface area contributed by atoms with Gasteiger partial charge in [0.1, 0.15) is 6.29 Å². The molecule has 324 valence electrons. The van der Waals surface area contributed by atoms with E-state index >= 15 is 0 Å². The van der Waals surface area contributed by atoms with Gasteiger partial charge in [-0.3, -0.25) is 9.59 Å². The summed E-state index contributed by atoms with van der Waals surface area (Å²) in [4.78, 5) is 48.7. The van der Waals surface area contributed by atoms with Crippen molar-refractivity contribution < 1.29 is 26.1 Å².